The average molecular weight is 296 g/mol. The Kier molecular flexibility index (Phi) is 5.00. The Morgan fingerprint density at radius 2 is 2.25 bits per heavy atom. The van der Waals surface area contributed by atoms with Crippen LogP contribution in [0.15, 0.2) is 24.3 Å². The molecule has 0 spiro atoms. The molecule has 1 unspecified atom stereocenters. The molecule has 6 heteroatoms. The molecular weight excluding hydrogens is 279 g/mol. The molecule has 0 saturated carbocycles. The lowest BCUT2D eigenvalue weighted by Crippen LogP contribution is -2.32. The minimum atomic E-state index is -0.382. The summed E-state index contributed by atoms with van der Waals surface area (Å²) in [5.41, 5.74) is 0.466. The molecule has 1 aliphatic rings. The Morgan fingerprint density at radius 3 is 2.90 bits per heavy atom. The fraction of sp³-hybridized carbons (Fsp3) is 0.429. The summed E-state index contributed by atoms with van der Waals surface area (Å²) in [6.07, 6.45) is 0.241. The second-order valence-electron chi connectivity index (χ2n) is 4.66. The first kappa shape index (κ1) is 14.8. The molecule has 1 heterocycles. The zero-order chi connectivity index (χ0) is 14.5. The van der Waals surface area contributed by atoms with E-state index in [0.717, 1.165) is 5.75 Å². The Hall–Kier alpha value is -1.56. The van der Waals surface area contributed by atoms with Crippen LogP contribution in [-0.4, -0.2) is 34.9 Å². The van der Waals surface area contributed by atoms with E-state index in [0.29, 0.717) is 18.7 Å². The number of amides is 2. The van der Waals surface area contributed by atoms with Gasteiger partial charge in [-0.25, -0.2) is 4.39 Å². The predicted molar refractivity (Wildman–Crippen MR) is 77.0 cm³/mol. The first-order valence-electron chi connectivity index (χ1n) is 6.53. The summed E-state index contributed by atoms with van der Waals surface area (Å²) < 4.78 is 13.6. The van der Waals surface area contributed by atoms with E-state index in [1.807, 2.05) is 0 Å². The van der Waals surface area contributed by atoms with Crippen LogP contribution in [0.5, 0.6) is 0 Å². The summed E-state index contributed by atoms with van der Waals surface area (Å²) in [6, 6.07) is 6.00. The van der Waals surface area contributed by atoms with Crippen LogP contribution in [0.2, 0.25) is 0 Å². The van der Waals surface area contributed by atoms with Gasteiger partial charge in [-0.2, -0.15) is 0 Å². The van der Waals surface area contributed by atoms with Crippen molar-refractivity contribution in [1.82, 2.24) is 10.2 Å². The normalized spacial score (nSPS) is 16.3. The number of hydrogen-bond acceptors (Lipinski definition) is 3. The van der Waals surface area contributed by atoms with Crippen molar-refractivity contribution < 1.29 is 14.0 Å². The standard InChI is InChI=1S/C14H17FN2O2S/c1-10(11-4-2-3-5-12(11)15)16-13(18)6-7-17-8-9-20-14(17)19/h2-5,10H,6-9H2,1H3,(H,16,18). The first-order valence-corrected chi connectivity index (χ1v) is 7.52. The molecule has 20 heavy (non-hydrogen) atoms. The summed E-state index contributed by atoms with van der Waals surface area (Å²) in [5, 5.41) is 2.78. The zero-order valence-corrected chi connectivity index (χ0v) is 12.1. The Bertz CT molecular complexity index is 510. The van der Waals surface area contributed by atoms with Crippen molar-refractivity contribution >= 4 is 22.9 Å². The third kappa shape index (κ3) is 3.72. The van der Waals surface area contributed by atoms with Crippen molar-refractivity contribution in [1.29, 1.82) is 0 Å². The molecule has 1 saturated heterocycles. The van der Waals surface area contributed by atoms with Gasteiger partial charge in [0.15, 0.2) is 0 Å². The summed E-state index contributed by atoms with van der Waals surface area (Å²) in [5.74, 6) is 0.281. The third-order valence-electron chi connectivity index (χ3n) is 3.20. The molecule has 0 radical (unpaired) electrons. The number of halogens is 1. The van der Waals surface area contributed by atoms with E-state index >= 15 is 0 Å². The number of nitrogens with zero attached hydrogens (tertiary/aromatic N) is 1. The molecule has 1 aromatic carbocycles. The van der Waals surface area contributed by atoms with Gasteiger partial charge in [0, 0.05) is 30.8 Å². The van der Waals surface area contributed by atoms with Gasteiger partial charge >= 0.3 is 0 Å². The number of carbonyl (C=O) groups is 2. The van der Waals surface area contributed by atoms with Gasteiger partial charge in [0.25, 0.3) is 5.24 Å². The lowest BCUT2D eigenvalue weighted by Gasteiger charge is -2.17. The van der Waals surface area contributed by atoms with Gasteiger partial charge in [0.1, 0.15) is 5.82 Å². The van der Waals surface area contributed by atoms with E-state index in [4.69, 9.17) is 0 Å². The number of thioether (sulfide) groups is 1. The second kappa shape index (κ2) is 6.74. The summed E-state index contributed by atoms with van der Waals surface area (Å²) in [6.45, 7) is 2.86. The van der Waals surface area contributed by atoms with Crippen molar-refractivity contribution in [3.8, 4) is 0 Å². The summed E-state index contributed by atoms with van der Waals surface area (Å²) in [7, 11) is 0. The Morgan fingerprint density at radius 1 is 1.50 bits per heavy atom. The minimum absolute atomic E-state index is 0.0277. The van der Waals surface area contributed by atoms with Crippen LogP contribution in [0.1, 0.15) is 24.9 Å². The predicted octanol–water partition coefficient (Wildman–Crippen LogP) is 2.56. The van der Waals surface area contributed by atoms with Crippen LogP contribution >= 0.6 is 11.8 Å². The topological polar surface area (TPSA) is 49.4 Å². The molecule has 1 atom stereocenters. The summed E-state index contributed by atoms with van der Waals surface area (Å²) in [4.78, 5) is 24.9. The average Bonchev–Trinajstić information content (AvgIpc) is 2.82. The number of hydrogen-bond donors (Lipinski definition) is 1. The third-order valence-corrected chi connectivity index (χ3v) is 4.09. The van der Waals surface area contributed by atoms with Crippen LogP contribution in [0, 0.1) is 5.82 Å². The molecule has 4 nitrogen and oxygen atoms in total. The monoisotopic (exact) mass is 296 g/mol. The first-order chi connectivity index (χ1) is 9.58. The van der Waals surface area contributed by atoms with E-state index < -0.39 is 0 Å². The van der Waals surface area contributed by atoms with E-state index in [1.165, 1.54) is 17.8 Å². The van der Waals surface area contributed by atoms with Gasteiger partial charge in [-0.3, -0.25) is 9.59 Å². The SMILES string of the molecule is CC(NC(=O)CCN1CCSC1=O)c1ccccc1F. The smallest absolute Gasteiger partial charge is 0.281 e. The molecule has 0 aromatic heterocycles. The highest BCUT2D eigenvalue weighted by Crippen LogP contribution is 2.18. The highest BCUT2D eigenvalue weighted by molar-refractivity contribution is 8.13. The van der Waals surface area contributed by atoms with Crippen molar-refractivity contribution in [3.05, 3.63) is 35.6 Å². The minimum Gasteiger partial charge on any atom is -0.349 e. The van der Waals surface area contributed by atoms with Crippen molar-refractivity contribution in [3.63, 3.8) is 0 Å². The van der Waals surface area contributed by atoms with Crippen LogP contribution in [0.3, 0.4) is 0 Å². The van der Waals surface area contributed by atoms with Crippen molar-refractivity contribution in [2.75, 3.05) is 18.8 Å². The maximum atomic E-state index is 13.6. The van der Waals surface area contributed by atoms with Gasteiger partial charge in [0.2, 0.25) is 5.91 Å². The molecule has 1 fully saturated rings. The molecule has 0 bridgehead atoms. The molecule has 108 valence electrons. The highest BCUT2D eigenvalue weighted by Gasteiger charge is 2.21. The molecule has 1 aliphatic heterocycles. The van der Waals surface area contributed by atoms with Gasteiger partial charge < -0.3 is 10.2 Å². The number of benzene rings is 1. The van der Waals surface area contributed by atoms with E-state index in [1.54, 1.807) is 30.0 Å². The van der Waals surface area contributed by atoms with E-state index in [9.17, 15) is 14.0 Å². The van der Waals surface area contributed by atoms with Gasteiger partial charge in [0.05, 0.1) is 6.04 Å². The van der Waals surface area contributed by atoms with E-state index in [2.05, 4.69) is 5.32 Å². The van der Waals surface area contributed by atoms with Crippen LogP contribution in [0.4, 0.5) is 9.18 Å². The fourth-order valence-electron chi connectivity index (χ4n) is 2.08. The highest BCUT2D eigenvalue weighted by atomic mass is 32.2. The van der Waals surface area contributed by atoms with Crippen LogP contribution < -0.4 is 5.32 Å². The lowest BCUT2D eigenvalue weighted by atomic mass is 10.1. The fourth-order valence-corrected chi connectivity index (χ4v) is 2.93. The van der Waals surface area contributed by atoms with Crippen molar-refractivity contribution in [2.24, 2.45) is 0 Å². The molecule has 2 amide bonds. The number of carbonyl (C=O) groups excluding carboxylic acids is 2. The number of nitrogens with one attached hydrogen (secondary N) is 1. The number of rotatable bonds is 5. The van der Waals surface area contributed by atoms with Gasteiger partial charge in [-0.1, -0.05) is 30.0 Å². The largest absolute Gasteiger partial charge is 0.349 e. The Labute approximate surface area is 121 Å². The van der Waals surface area contributed by atoms with Crippen molar-refractivity contribution in [2.45, 2.75) is 19.4 Å². The maximum absolute atomic E-state index is 13.6. The zero-order valence-electron chi connectivity index (χ0n) is 11.3. The quantitative estimate of drug-likeness (QED) is 0.908. The Balaban J connectivity index is 1.82. The van der Waals surface area contributed by atoms with Gasteiger partial charge in [-0.15, -0.1) is 0 Å². The molecule has 1 aromatic rings. The van der Waals surface area contributed by atoms with Crippen LogP contribution in [0.25, 0.3) is 0 Å². The maximum Gasteiger partial charge on any atom is 0.281 e. The van der Waals surface area contributed by atoms with E-state index in [-0.39, 0.29) is 29.4 Å². The molecule has 1 N–H and O–H groups in total. The van der Waals surface area contributed by atoms with Gasteiger partial charge in [-0.05, 0) is 13.0 Å². The second-order valence-corrected chi connectivity index (χ2v) is 5.71. The molecule has 0 aliphatic carbocycles. The lowest BCUT2D eigenvalue weighted by molar-refractivity contribution is -0.121. The summed E-state index contributed by atoms with van der Waals surface area (Å²) >= 11 is 1.28. The molecular formula is C14H17FN2O2S. The van der Waals surface area contributed by atoms with Crippen LogP contribution in [-0.2, 0) is 4.79 Å². The molecule has 2 rings (SSSR count).